The summed E-state index contributed by atoms with van der Waals surface area (Å²) in [6.07, 6.45) is 0. The molecule has 0 aliphatic rings. The summed E-state index contributed by atoms with van der Waals surface area (Å²) >= 11 is 4.91. The number of phenolic OH excluding ortho intramolecular Hbond substituents is 1. The maximum atomic E-state index is 13.6. The molecule has 5 heteroatoms. The van der Waals surface area contributed by atoms with Gasteiger partial charge in [-0.25, -0.2) is 4.39 Å². The van der Waals surface area contributed by atoms with Crippen LogP contribution in [0.1, 0.15) is 5.56 Å². The van der Waals surface area contributed by atoms with E-state index in [-0.39, 0.29) is 5.75 Å². The first-order valence-corrected chi connectivity index (χ1v) is 8.97. The van der Waals surface area contributed by atoms with Crippen LogP contribution in [-0.2, 0) is 6.54 Å². The van der Waals surface area contributed by atoms with Crippen LogP contribution in [0.3, 0.4) is 0 Å². The summed E-state index contributed by atoms with van der Waals surface area (Å²) in [7, 11) is 0. The highest BCUT2D eigenvalue weighted by Crippen LogP contribution is 2.33. The molecule has 0 aromatic heterocycles. The van der Waals surface area contributed by atoms with Gasteiger partial charge in [0.1, 0.15) is 0 Å². The minimum atomic E-state index is -0.654. The summed E-state index contributed by atoms with van der Waals surface area (Å²) in [5.74, 6) is -1.02. The van der Waals surface area contributed by atoms with E-state index in [0.717, 1.165) is 15.4 Å². The third-order valence-corrected chi connectivity index (χ3v) is 5.02. The van der Waals surface area contributed by atoms with E-state index in [1.54, 1.807) is 17.8 Å². The Hall–Kier alpha value is -1.98. The Morgan fingerprint density at radius 2 is 1.71 bits per heavy atom. The molecule has 0 heterocycles. The molecule has 0 aliphatic heterocycles. The number of rotatable bonds is 5. The minimum Gasteiger partial charge on any atom is -0.503 e. The first-order valence-electron chi connectivity index (χ1n) is 7.36. The molecule has 0 atom stereocenters. The van der Waals surface area contributed by atoms with E-state index in [2.05, 4.69) is 39.4 Å². The average molecular weight is 404 g/mol. The molecule has 122 valence electrons. The number of nitrogens with one attached hydrogen (secondary N) is 1. The van der Waals surface area contributed by atoms with Gasteiger partial charge in [0, 0.05) is 20.8 Å². The molecule has 0 spiro atoms. The maximum absolute atomic E-state index is 13.6. The fraction of sp³-hybridized carbons (Fsp3) is 0.0526. The van der Waals surface area contributed by atoms with Gasteiger partial charge in [0.05, 0.1) is 5.69 Å². The van der Waals surface area contributed by atoms with Gasteiger partial charge in [-0.3, -0.25) is 0 Å². The van der Waals surface area contributed by atoms with Crippen LogP contribution in [0.4, 0.5) is 10.1 Å². The van der Waals surface area contributed by atoms with Gasteiger partial charge < -0.3 is 10.4 Å². The van der Waals surface area contributed by atoms with E-state index in [4.69, 9.17) is 0 Å². The normalized spacial score (nSPS) is 10.6. The summed E-state index contributed by atoms with van der Waals surface area (Å²) in [6, 6.07) is 21.0. The number of anilines is 1. The Kier molecular flexibility index (Phi) is 5.43. The van der Waals surface area contributed by atoms with E-state index >= 15 is 0 Å². The summed E-state index contributed by atoms with van der Waals surface area (Å²) < 4.78 is 14.2. The second-order valence-electron chi connectivity index (χ2n) is 5.16. The second kappa shape index (κ2) is 7.73. The number of phenols is 1. The van der Waals surface area contributed by atoms with E-state index in [9.17, 15) is 9.50 Å². The summed E-state index contributed by atoms with van der Waals surface area (Å²) in [5.41, 5.74) is 1.44. The van der Waals surface area contributed by atoms with Gasteiger partial charge in [-0.1, -0.05) is 64.1 Å². The highest BCUT2D eigenvalue weighted by Gasteiger charge is 2.10. The first kappa shape index (κ1) is 16.9. The van der Waals surface area contributed by atoms with Gasteiger partial charge in [-0.05, 0) is 35.9 Å². The molecule has 0 amide bonds. The topological polar surface area (TPSA) is 32.3 Å². The molecule has 24 heavy (non-hydrogen) atoms. The van der Waals surface area contributed by atoms with Crippen LogP contribution in [0, 0.1) is 5.82 Å². The van der Waals surface area contributed by atoms with Gasteiger partial charge in [0.15, 0.2) is 11.6 Å². The molecule has 2 N–H and O–H groups in total. The SMILES string of the molecule is Oc1c(F)cc(Br)cc1NCc1ccccc1Sc1ccccc1. The van der Waals surface area contributed by atoms with Crippen molar-refractivity contribution in [2.45, 2.75) is 16.3 Å². The summed E-state index contributed by atoms with van der Waals surface area (Å²) in [6.45, 7) is 0.486. The lowest BCUT2D eigenvalue weighted by Crippen LogP contribution is -2.01. The van der Waals surface area contributed by atoms with Crippen LogP contribution in [0.5, 0.6) is 5.75 Å². The lowest BCUT2D eigenvalue weighted by molar-refractivity contribution is 0.434. The fourth-order valence-electron chi connectivity index (χ4n) is 2.26. The molecule has 3 aromatic carbocycles. The average Bonchev–Trinajstić information content (AvgIpc) is 2.59. The van der Waals surface area contributed by atoms with Gasteiger partial charge in [-0.2, -0.15) is 0 Å². The smallest absolute Gasteiger partial charge is 0.175 e. The highest BCUT2D eigenvalue weighted by atomic mass is 79.9. The van der Waals surface area contributed by atoms with Crippen molar-refractivity contribution in [1.82, 2.24) is 0 Å². The van der Waals surface area contributed by atoms with Crippen LogP contribution in [0.15, 0.2) is 81.0 Å². The van der Waals surface area contributed by atoms with Crippen molar-refractivity contribution < 1.29 is 9.50 Å². The predicted molar refractivity (Wildman–Crippen MR) is 100 cm³/mol. The molecule has 0 unspecified atom stereocenters. The van der Waals surface area contributed by atoms with E-state index < -0.39 is 5.82 Å². The molecule has 3 rings (SSSR count). The zero-order valence-electron chi connectivity index (χ0n) is 12.7. The maximum Gasteiger partial charge on any atom is 0.175 e. The Morgan fingerprint density at radius 3 is 2.50 bits per heavy atom. The van der Waals surface area contributed by atoms with Gasteiger partial charge >= 0.3 is 0 Å². The number of hydrogen-bond donors (Lipinski definition) is 2. The van der Waals surface area contributed by atoms with Gasteiger partial charge in [0.25, 0.3) is 0 Å². The number of benzene rings is 3. The summed E-state index contributed by atoms with van der Waals surface area (Å²) in [5, 5.41) is 12.9. The number of aromatic hydroxyl groups is 1. The summed E-state index contributed by atoms with van der Waals surface area (Å²) in [4.78, 5) is 2.27. The van der Waals surface area contributed by atoms with Crippen LogP contribution < -0.4 is 5.32 Å². The van der Waals surface area contributed by atoms with Crippen molar-refractivity contribution in [3.05, 3.63) is 82.6 Å². The molecule has 0 saturated heterocycles. The van der Waals surface area contributed by atoms with E-state index in [1.807, 2.05) is 36.4 Å². The van der Waals surface area contributed by atoms with Crippen LogP contribution >= 0.6 is 27.7 Å². The monoisotopic (exact) mass is 403 g/mol. The molecule has 0 radical (unpaired) electrons. The lowest BCUT2D eigenvalue weighted by atomic mass is 10.2. The molecular formula is C19H15BrFNOS. The molecule has 0 aliphatic carbocycles. The second-order valence-corrected chi connectivity index (χ2v) is 7.19. The molecule has 0 saturated carbocycles. The third-order valence-electron chi connectivity index (χ3n) is 3.44. The molecule has 3 aromatic rings. The molecular weight excluding hydrogens is 389 g/mol. The van der Waals surface area contributed by atoms with Crippen LogP contribution in [0.2, 0.25) is 0 Å². The zero-order chi connectivity index (χ0) is 16.9. The zero-order valence-corrected chi connectivity index (χ0v) is 15.1. The Morgan fingerprint density at radius 1 is 1.00 bits per heavy atom. The first-order chi connectivity index (χ1) is 11.6. The van der Waals surface area contributed by atoms with Gasteiger partial charge in [0.2, 0.25) is 0 Å². The van der Waals surface area contributed by atoms with Crippen molar-refractivity contribution >= 4 is 33.4 Å². The minimum absolute atomic E-state index is 0.362. The van der Waals surface area contributed by atoms with Crippen molar-refractivity contribution in [2.75, 3.05) is 5.32 Å². The Bertz CT molecular complexity index is 842. The predicted octanol–water partition coefficient (Wildman–Crippen LogP) is 6.06. The largest absolute Gasteiger partial charge is 0.503 e. The molecule has 2 nitrogen and oxygen atoms in total. The number of hydrogen-bond acceptors (Lipinski definition) is 3. The van der Waals surface area contributed by atoms with Crippen molar-refractivity contribution in [3.8, 4) is 5.75 Å². The van der Waals surface area contributed by atoms with Crippen LogP contribution in [0.25, 0.3) is 0 Å². The lowest BCUT2D eigenvalue weighted by Gasteiger charge is -2.13. The third kappa shape index (κ3) is 4.10. The Balaban J connectivity index is 1.79. The van der Waals surface area contributed by atoms with E-state index in [1.165, 1.54) is 6.07 Å². The Labute approximate surface area is 152 Å². The van der Waals surface area contributed by atoms with Crippen molar-refractivity contribution in [2.24, 2.45) is 0 Å². The van der Waals surface area contributed by atoms with Crippen LogP contribution in [-0.4, -0.2) is 5.11 Å². The quantitative estimate of drug-likeness (QED) is 0.508. The van der Waals surface area contributed by atoms with E-state index in [0.29, 0.717) is 16.7 Å². The van der Waals surface area contributed by atoms with Gasteiger partial charge in [-0.15, -0.1) is 0 Å². The molecule has 0 bridgehead atoms. The molecule has 0 fully saturated rings. The standard InChI is InChI=1S/C19H15BrFNOS/c20-14-10-16(21)19(23)17(11-14)22-12-13-6-4-5-9-18(13)24-15-7-2-1-3-8-15/h1-11,22-23H,12H2. The highest BCUT2D eigenvalue weighted by molar-refractivity contribution is 9.10. The number of halogens is 2. The fourth-order valence-corrected chi connectivity index (χ4v) is 3.65. The van der Waals surface area contributed by atoms with Crippen molar-refractivity contribution in [3.63, 3.8) is 0 Å². The van der Waals surface area contributed by atoms with Crippen molar-refractivity contribution in [1.29, 1.82) is 0 Å².